The molecule has 3 rings (SSSR count). The minimum atomic E-state index is -4.42. The fourth-order valence-corrected chi connectivity index (χ4v) is 2.77. The number of aromatic nitrogens is 1. The van der Waals surface area contributed by atoms with Crippen LogP contribution in [0.15, 0.2) is 40.9 Å². The fourth-order valence-electron chi connectivity index (χ4n) is 2.77. The number of carbonyl (C=O) groups is 1. The number of rotatable bonds is 5. The van der Waals surface area contributed by atoms with Crippen LogP contribution in [0, 0.1) is 0 Å². The zero-order chi connectivity index (χ0) is 18.6. The lowest BCUT2D eigenvalue weighted by molar-refractivity contribution is -0.140. The van der Waals surface area contributed by atoms with Gasteiger partial charge < -0.3 is 15.1 Å². The van der Waals surface area contributed by atoms with E-state index in [0.29, 0.717) is 37.7 Å². The van der Waals surface area contributed by atoms with Gasteiger partial charge in [0, 0.05) is 25.8 Å². The molecule has 1 aliphatic rings. The van der Waals surface area contributed by atoms with Crippen LogP contribution in [0.4, 0.5) is 13.2 Å². The zero-order valence-electron chi connectivity index (χ0n) is 13.9. The van der Waals surface area contributed by atoms with Crippen molar-refractivity contribution in [3.05, 3.63) is 42.3 Å². The average Bonchev–Trinajstić information content (AvgIpc) is 3.08. The van der Waals surface area contributed by atoms with Gasteiger partial charge >= 0.3 is 6.18 Å². The number of furan rings is 1. The molecule has 0 radical (unpaired) electrons. The second kappa shape index (κ2) is 7.88. The number of carbonyl (C=O) groups excluding carboxylic acids is 1. The second-order valence-electron chi connectivity index (χ2n) is 6.06. The molecular weight excluding hydrogens is 349 g/mol. The molecule has 2 aromatic rings. The molecule has 2 aromatic heterocycles. The van der Waals surface area contributed by atoms with Crippen LogP contribution in [0.1, 0.15) is 5.76 Å². The predicted octanol–water partition coefficient (Wildman–Crippen LogP) is 1.79. The van der Waals surface area contributed by atoms with E-state index in [1.807, 2.05) is 40.5 Å². The van der Waals surface area contributed by atoms with Crippen molar-refractivity contribution < 1.29 is 22.4 Å². The zero-order valence-corrected chi connectivity index (χ0v) is 13.9. The Morgan fingerprint density at radius 2 is 2.19 bits per heavy atom. The summed E-state index contributed by atoms with van der Waals surface area (Å²) >= 11 is 0. The molecule has 26 heavy (non-hydrogen) atoms. The summed E-state index contributed by atoms with van der Waals surface area (Å²) < 4.78 is 42.5. The van der Waals surface area contributed by atoms with Crippen LogP contribution >= 0.6 is 0 Å². The van der Waals surface area contributed by atoms with Gasteiger partial charge in [-0.25, -0.2) is 0 Å². The summed E-state index contributed by atoms with van der Waals surface area (Å²) in [5, 5.41) is 4.86. The molecule has 0 unspecified atom stereocenters. The molecule has 1 atom stereocenters. The third kappa shape index (κ3) is 5.06. The molecule has 1 aliphatic heterocycles. The topological polar surface area (TPSA) is 70.4 Å². The highest BCUT2D eigenvalue weighted by Crippen LogP contribution is 2.21. The van der Waals surface area contributed by atoms with Crippen molar-refractivity contribution in [2.75, 3.05) is 26.2 Å². The van der Waals surface area contributed by atoms with E-state index < -0.39 is 24.7 Å². The Bertz CT molecular complexity index is 733. The van der Waals surface area contributed by atoms with Gasteiger partial charge in [0.2, 0.25) is 5.91 Å². The van der Waals surface area contributed by atoms with Gasteiger partial charge in [-0.1, -0.05) is 6.07 Å². The predicted molar refractivity (Wildman–Crippen MR) is 88.1 cm³/mol. The molecule has 2 N–H and O–H groups in total. The first-order chi connectivity index (χ1) is 12.4. The number of hydrogen-bond donors (Lipinski definition) is 2. The molecule has 0 spiro atoms. The van der Waals surface area contributed by atoms with Crippen LogP contribution in [0.3, 0.4) is 0 Å². The Kier molecular flexibility index (Phi) is 5.58. The van der Waals surface area contributed by atoms with Crippen molar-refractivity contribution in [3.8, 4) is 11.5 Å². The Balaban J connectivity index is 1.55. The summed E-state index contributed by atoms with van der Waals surface area (Å²) in [4.78, 5) is 18.1. The van der Waals surface area contributed by atoms with Gasteiger partial charge in [0.25, 0.3) is 0 Å². The van der Waals surface area contributed by atoms with Crippen LogP contribution in [-0.4, -0.2) is 54.2 Å². The van der Waals surface area contributed by atoms with Gasteiger partial charge in [0.1, 0.15) is 18.0 Å². The highest BCUT2D eigenvalue weighted by Gasteiger charge is 2.31. The Hall–Kier alpha value is -2.39. The first-order valence-corrected chi connectivity index (χ1v) is 8.21. The van der Waals surface area contributed by atoms with Gasteiger partial charge in [0.15, 0.2) is 5.76 Å². The molecule has 0 bridgehead atoms. The quantitative estimate of drug-likeness (QED) is 0.842. The number of alkyl halides is 3. The summed E-state index contributed by atoms with van der Waals surface area (Å²) in [7, 11) is 0. The Morgan fingerprint density at radius 3 is 2.92 bits per heavy atom. The Labute approximate surface area is 148 Å². The molecule has 1 fully saturated rings. The molecule has 0 aliphatic carbocycles. The summed E-state index contributed by atoms with van der Waals surface area (Å²) in [6.45, 7) is 0.636. The van der Waals surface area contributed by atoms with Gasteiger partial charge in [-0.05, 0) is 24.3 Å². The van der Waals surface area contributed by atoms with Crippen LogP contribution in [0.25, 0.3) is 11.5 Å². The largest absolute Gasteiger partial charge is 0.458 e. The summed E-state index contributed by atoms with van der Waals surface area (Å²) in [5.41, 5.74) is 0.725. The number of nitrogens with one attached hydrogen (secondary N) is 2. The number of amides is 1. The lowest BCUT2D eigenvalue weighted by Gasteiger charge is -2.32. The molecule has 0 saturated carbocycles. The number of nitrogens with zero attached hydrogens (tertiary/aromatic N) is 2. The van der Waals surface area contributed by atoms with E-state index in [-0.39, 0.29) is 0 Å². The lowest BCUT2D eigenvalue weighted by atomic mass is 10.2. The highest BCUT2D eigenvalue weighted by molar-refractivity contribution is 5.82. The molecular formula is C17H19F3N4O2. The van der Waals surface area contributed by atoms with Crippen molar-refractivity contribution in [1.82, 2.24) is 20.5 Å². The Morgan fingerprint density at radius 1 is 1.35 bits per heavy atom. The van der Waals surface area contributed by atoms with E-state index >= 15 is 0 Å². The number of halogens is 3. The van der Waals surface area contributed by atoms with Gasteiger partial charge in [-0.3, -0.25) is 14.7 Å². The van der Waals surface area contributed by atoms with E-state index in [9.17, 15) is 18.0 Å². The molecule has 3 heterocycles. The van der Waals surface area contributed by atoms with Crippen molar-refractivity contribution >= 4 is 5.91 Å². The monoisotopic (exact) mass is 368 g/mol. The van der Waals surface area contributed by atoms with E-state index in [1.54, 1.807) is 6.20 Å². The van der Waals surface area contributed by atoms with Crippen LogP contribution in [0.5, 0.6) is 0 Å². The minimum Gasteiger partial charge on any atom is -0.458 e. The van der Waals surface area contributed by atoms with Gasteiger partial charge in [0.05, 0.1) is 12.6 Å². The van der Waals surface area contributed by atoms with E-state index in [1.165, 1.54) is 0 Å². The fraction of sp³-hybridized carbons (Fsp3) is 0.412. The summed E-state index contributed by atoms with van der Waals surface area (Å²) in [6.07, 6.45) is -2.74. The smallest absolute Gasteiger partial charge is 0.405 e. The second-order valence-corrected chi connectivity index (χ2v) is 6.06. The summed E-state index contributed by atoms with van der Waals surface area (Å²) in [6, 6.07) is 8.51. The number of piperazine rings is 1. The molecule has 1 saturated heterocycles. The maximum absolute atomic E-state index is 12.2. The van der Waals surface area contributed by atoms with E-state index in [0.717, 1.165) is 5.69 Å². The van der Waals surface area contributed by atoms with Crippen molar-refractivity contribution in [2.45, 2.75) is 18.8 Å². The maximum atomic E-state index is 12.2. The maximum Gasteiger partial charge on any atom is 0.405 e. The highest BCUT2D eigenvalue weighted by atomic mass is 19.4. The van der Waals surface area contributed by atoms with Gasteiger partial charge in [-0.15, -0.1) is 0 Å². The molecule has 9 heteroatoms. The van der Waals surface area contributed by atoms with Crippen LogP contribution in [0.2, 0.25) is 0 Å². The molecule has 1 amide bonds. The molecule has 6 nitrogen and oxygen atoms in total. The number of hydrogen-bond acceptors (Lipinski definition) is 5. The third-order valence-corrected chi connectivity index (χ3v) is 4.00. The van der Waals surface area contributed by atoms with E-state index in [4.69, 9.17) is 4.42 Å². The van der Waals surface area contributed by atoms with Crippen molar-refractivity contribution in [2.24, 2.45) is 0 Å². The van der Waals surface area contributed by atoms with Crippen molar-refractivity contribution in [3.63, 3.8) is 0 Å². The number of pyridine rings is 1. The summed E-state index contributed by atoms with van der Waals surface area (Å²) in [5.74, 6) is 0.706. The molecule has 0 aromatic carbocycles. The average molecular weight is 368 g/mol. The van der Waals surface area contributed by atoms with Crippen LogP contribution in [-0.2, 0) is 11.3 Å². The minimum absolute atomic E-state index is 0.309. The van der Waals surface area contributed by atoms with Gasteiger partial charge in [-0.2, -0.15) is 13.2 Å². The van der Waals surface area contributed by atoms with Crippen LogP contribution < -0.4 is 10.6 Å². The molecule has 140 valence electrons. The van der Waals surface area contributed by atoms with E-state index in [2.05, 4.69) is 10.3 Å². The lowest BCUT2D eigenvalue weighted by Crippen LogP contribution is -2.57. The van der Waals surface area contributed by atoms with Crippen molar-refractivity contribution in [1.29, 1.82) is 0 Å². The standard InChI is InChI=1S/C17H19F3N4O2/c18-17(19,20)11-23-16(25)14-10-24(8-7-22-14)9-12-4-5-15(26-12)13-3-1-2-6-21-13/h1-6,14,22H,7-11H2,(H,23,25)/t14-/m0/s1. The first kappa shape index (κ1) is 18.4. The third-order valence-electron chi connectivity index (χ3n) is 4.00. The normalized spacial score (nSPS) is 18.7. The first-order valence-electron chi connectivity index (χ1n) is 8.21. The SMILES string of the molecule is O=C(NCC(F)(F)F)[C@@H]1CN(Cc2ccc(-c3ccccn3)o2)CCN1.